The van der Waals surface area contributed by atoms with E-state index in [1.807, 2.05) is 32.0 Å². The van der Waals surface area contributed by atoms with Gasteiger partial charge < -0.3 is 15.2 Å². The van der Waals surface area contributed by atoms with Crippen molar-refractivity contribution in [2.24, 2.45) is 0 Å². The highest BCUT2D eigenvalue weighted by Crippen LogP contribution is 2.26. The Hall–Kier alpha value is -2.56. The summed E-state index contributed by atoms with van der Waals surface area (Å²) >= 11 is 0. The van der Waals surface area contributed by atoms with Crippen LogP contribution >= 0.6 is 0 Å². The van der Waals surface area contributed by atoms with Crippen molar-refractivity contribution in [2.75, 3.05) is 11.9 Å². The normalized spacial score (nSPS) is 10.2. The van der Waals surface area contributed by atoms with Gasteiger partial charge in [0.1, 0.15) is 17.2 Å². The van der Waals surface area contributed by atoms with E-state index in [0.29, 0.717) is 5.75 Å². The molecule has 2 aromatic rings. The highest BCUT2D eigenvalue weighted by molar-refractivity contribution is 5.93. The number of hydrogen-bond donors (Lipinski definition) is 2. The van der Waals surface area contributed by atoms with Crippen LogP contribution in [-0.4, -0.2) is 17.6 Å². The standard InChI is InChI=1S/C16H16FNO3/c1-10-5-3-6-11(2)16(10)21-9-14(20)18-15-12(17)7-4-8-13(15)19/h3-8,19H,9H2,1-2H3,(H,18,20). The van der Waals surface area contributed by atoms with Crippen LogP contribution in [0.5, 0.6) is 11.5 Å². The number of carbonyl (C=O) groups is 1. The molecule has 0 spiro atoms. The first kappa shape index (κ1) is 14.8. The van der Waals surface area contributed by atoms with Crippen molar-refractivity contribution >= 4 is 11.6 Å². The van der Waals surface area contributed by atoms with Crippen LogP contribution in [0, 0.1) is 19.7 Å². The molecule has 5 heteroatoms. The van der Waals surface area contributed by atoms with Gasteiger partial charge in [0.25, 0.3) is 5.91 Å². The lowest BCUT2D eigenvalue weighted by Crippen LogP contribution is -2.21. The molecule has 0 radical (unpaired) electrons. The number of hydrogen-bond acceptors (Lipinski definition) is 3. The molecule has 0 aliphatic heterocycles. The van der Waals surface area contributed by atoms with Crippen molar-refractivity contribution in [1.29, 1.82) is 0 Å². The van der Waals surface area contributed by atoms with Gasteiger partial charge in [0.05, 0.1) is 0 Å². The molecule has 0 heterocycles. The Balaban J connectivity index is 2.03. The van der Waals surface area contributed by atoms with Crippen molar-refractivity contribution < 1.29 is 19.0 Å². The fraction of sp³-hybridized carbons (Fsp3) is 0.188. The van der Waals surface area contributed by atoms with Crippen LogP contribution in [0.15, 0.2) is 36.4 Å². The lowest BCUT2D eigenvalue weighted by atomic mass is 10.1. The van der Waals surface area contributed by atoms with Crippen LogP contribution in [0.1, 0.15) is 11.1 Å². The van der Waals surface area contributed by atoms with Crippen LogP contribution in [-0.2, 0) is 4.79 Å². The summed E-state index contributed by atoms with van der Waals surface area (Å²) in [6.07, 6.45) is 0. The molecule has 0 aromatic heterocycles. The highest BCUT2D eigenvalue weighted by Gasteiger charge is 2.12. The van der Waals surface area contributed by atoms with E-state index >= 15 is 0 Å². The summed E-state index contributed by atoms with van der Waals surface area (Å²) in [5, 5.41) is 11.8. The first-order valence-corrected chi connectivity index (χ1v) is 6.45. The van der Waals surface area contributed by atoms with Gasteiger partial charge in [-0.2, -0.15) is 0 Å². The smallest absolute Gasteiger partial charge is 0.262 e. The number of phenols is 1. The van der Waals surface area contributed by atoms with E-state index < -0.39 is 11.7 Å². The first-order chi connectivity index (χ1) is 9.99. The van der Waals surface area contributed by atoms with E-state index in [-0.39, 0.29) is 18.0 Å². The zero-order valence-electron chi connectivity index (χ0n) is 11.8. The summed E-state index contributed by atoms with van der Waals surface area (Å²) in [5.74, 6) is -0.936. The third-order valence-electron chi connectivity index (χ3n) is 3.01. The molecule has 1 amide bonds. The second-order valence-corrected chi connectivity index (χ2v) is 4.69. The van der Waals surface area contributed by atoms with Crippen LogP contribution in [0.25, 0.3) is 0 Å². The van der Waals surface area contributed by atoms with Gasteiger partial charge in [0, 0.05) is 0 Å². The third-order valence-corrected chi connectivity index (χ3v) is 3.01. The third kappa shape index (κ3) is 3.51. The maximum atomic E-state index is 13.5. The topological polar surface area (TPSA) is 58.6 Å². The molecule has 2 aromatic carbocycles. The molecule has 0 aliphatic rings. The highest BCUT2D eigenvalue weighted by atomic mass is 19.1. The van der Waals surface area contributed by atoms with E-state index in [0.717, 1.165) is 17.2 Å². The summed E-state index contributed by atoms with van der Waals surface area (Å²) in [6.45, 7) is 3.49. The minimum atomic E-state index is -0.699. The van der Waals surface area contributed by atoms with Gasteiger partial charge in [-0.15, -0.1) is 0 Å². The number of aryl methyl sites for hydroxylation is 2. The zero-order chi connectivity index (χ0) is 15.4. The largest absolute Gasteiger partial charge is 0.506 e. The van der Waals surface area contributed by atoms with Crippen molar-refractivity contribution in [3.63, 3.8) is 0 Å². The second-order valence-electron chi connectivity index (χ2n) is 4.69. The SMILES string of the molecule is Cc1cccc(C)c1OCC(=O)Nc1c(O)cccc1F. The molecule has 2 rings (SSSR count). The number of halogens is 1. The minimum Gasteiger partial charge on any atom is -0.506 e. The molecule has 0 bridgehead atoms. The number of anilines is 1. The number of carbonyl (C=O) groups excluding carboxylic acids is 1. The molecule has 0 atom stereocenters. The fourth-order valence-electron chi connectivity index (χ4n) is 1.98. The number of aromatic hydroxyl groups is 1. The summed E-state index contributed by atoms with van der Waals surface area (Å²) in [5.41, 5.74) is 1.58. The number of para-hydroxylation sites is 2. The molecule has 0 saturated carbocycles. The number of ether oxygens (including phenoxy) is 1. The van der Waals surface area contributed by atoms with Crippen LogP contribution in [0.3, 0.4) is 0 Å². The Morgan fingerprint density at radius 1 is 1.19 bits per heavy atom. The first-order valence-electron chi connectivity index (χ1n) is 6.45. The number of rotatable bonds is 4. The number of nitrogens with one attached hydrogen (secondary N) is 1. The predicted octanol–water partition coefficient (Wildman–Crippen LogP) is 3.17. The molecular formula is C16H16FNO3. The summed E-state index contributed by atoms with van der Waals surface area (Å²) in [7, 11) is 0. The summed E-state index contributed by atoms with van der Waals surface area (Å²) in [4.78, 5) is 11.8. The van der Waals surface area contributed by atoms with Crippen molar-refractivity contribution in [1.82, 2.24) is 0 Å². The molecule has 21 heavy (non-hydrogen) atoms. The molecule has 2 N–H and O–H groups in total. The summed E-state index contributed by atoms with van der Waals surface area (Å²) < 4.78 is 19.0. The Labute approximate surface area is 122 Å². The molecule has 0 unspecified atom stereocenters. The maximum absolute atomic E-state index is 13.5. The maximum Gasteiger partial charge on any atom is 0.262 e. The lowest BCUT2D eigenvalue weighted by molar-refractivity contribution is -0.118. The van der Waals surface area contributed by atoms with E-state index in [1.54, 1.807) is 0 Å². The fourth-order valence-corrected chi connectivity index (χ4v) is 1.98. The van der Waals surface area contributed by atoms with Crippen molar-refractivity contribution in [3.8, 4) is 11.5 Å². The Morgan fingerprint density at radius 2 is 1.81 bits per heavy atom. The molecule has 0 saturated heterocycles. The van der Waals surface area contributed by atoms with Crippen LogP contribution in [0.2, 0.25) is 0 Å². The Morgan fingerprint density at radius 3 is 2.43 bits per heavy atom. The van der Waals surface area contributed by atoms with Crippen LogP contribution < -0.4 is 10.1 Å². The van der Waals surface area contributed by atoms with Crippen molar-refractivity contribution in [2.45, 2.75) is 13.8 Å². The Kier molecular flexibility index (Phi) is 4.42. The predicted molar refractivity (Wildman–Crippen MR) is 78.1 cm³/mol. The van der Waals surface area contributed by atoms with Gasteiger partial charge in [0.15, 0.2) is 12.4 Å². The summed E-state index contributed by atoms with van der Waals surface area (Å²) in [6, 6.07) is 9.46. The van der Waals surface area contributed by atoms with E-state index in [2.05, 4.69) is 5.32 Å². The van der Waals surface area contributed by atoms with Gasteiger partial charge in [-0.1, -0.05) is 24.3 Å². The van der Waals surface area contributed by atoms with E-state index in [1.165, 1.54) is 12.1 Å². The monoisotopic (exact) mass is 289 g/mol. The zero-order valence-corrected chi connectivity index (χ0v) is 11.8. The molecule has 0 aliphatic carbocycles. The van der Waals surface area contributed by atoms with Gasteiger partial charge in [0.2, 0.25) is 0 Å². The Bertz CT molecular complexity index is 630. The van der Waals surface area contributed by atoms with Gasteiger partial charge >= 0.3 is 0 Å². The second kappa shape index (κ2) is 6.26. The number of amides is 1. The van der Waals surface area contributed by atoms with Gasteiger partial charge in [-0.05, 0) is 37.1 Å². The lowest BCUT2D eigenvalue weighted by Gasteiger charge is -2.12. The minimum absolute atomic E-state index is 0.243. The molecular weight excluding hydrogens is 273 g/mol. The van der Waals surface area contributed by atoms with E-state index in [4.69, 9.17) is 4.74 Å². The molecule has 0 fully saturated rings. The average Bonchev–Trinajstić information content (AvgIpc) is 2.42. The average molecular weight is 289 g/mol. The van der Waals surface area contributed by atoms with Gasteiger partial charge in [-0.3, -0.25) is 4.79 Å². The number of benzene rings is 2. The number of phenolic OH excluding ortho intramolecular Hbond substituents is 1. The van der Waals surface area contributed by atoms with E-state index in [9.17, 15) is 14.3 Å². The molecule has 110 valence electrons. The molecule has 4 nitrogen and oxygen atoms in total. The van der Waals surface area contributed by atoms with Crippen LogP contribution in [0.4, 0.5) is 10.1 Å². The quantitative estimate of drug-likeness (QED) is 0.850. The van der Waals surface area contributed by atoms with Crippen molar-refractivity contribution in [3.05, 3.63) is 53.3 Å². The van der Waals surface area contributed by atoms with Gasteiger partial charge in [-0.25, -0.2) is 4.39 Å².